The minimum absolute atomic E-state index is 0.272. The van der Waals surface area contributed by atoms with Gasteiger partial charge in [-0.1, -0.05) is 17.7 Å². The fraction of sp³-hybridized carbons (Fsp3) is 0.261. The fourth-order valence-electron chi connectivity index (χ4n) is 3.74. The molecule has 162 valence electrons. The molecule has 1 N–H and O–H groups in total. The Labute approximate surface area is 186 Å². The quantitative estimate of drug-likeness (QED) is 0.569. The van der Waals surface area contributed by atoms with Crippen molar-refractivity contribution in [1.29, 1.82) is 0 Å². The van der Waals surface area contributed by atoms with Gasteiger partial charge in [0.25, 0.3) is 0 Å². The van der Waals surface area contributed by atoms with Crippen molar-refractivity contribution >= 4 is 33.2 Å². The van der Waals surface area contributed by atoms with Crippen LogP contribution in [0.3, 0.4) is 0 Å². The third-order valence-corrected chi connectivity index (χ3v) is 8.13. The van der Waals surface area contributed by atoms with Crippen molar-refractivity contribution in [3.8, 4) is 11.3 Å². The molecule has 1 aromatic heterocycles. The lowest BCUT2D eigenvalue weighted by atomic mass is 10.1. The number of nitrogens with zero attached hydrogens (tertiary/aromatic N) is 1. The van der Waals surface area contributed by atoms with Gasteiger partial charge in [-0.2, -0.15) is 0 Å². The molecule has 1 aliphatic rings. The van der Waals surface area contributed by atoms with Gasteiger partial charge in [-0.15, -0.1) is 0 Å². The predicted molar refractivity (Wildman–Crippen MR) is 121 cm³/mol. The van der Waals surface area contributed by atoms with Crippen molar-refractivity contribution in [2.45, 2.75) is 29.9 Å². The summed E-state index contributed by atoms with van der Waals surface area (Å²) in [5, 5.41) is 2.77. The Hall–Kier alpha value is -2.77. The molecule has 0 radical (unpaired) electrons. The maximum Gasteiger partial charge on any atom is 0.321 e. The number of rotatable bonds is 4. The van der Waals surface area contributed by atoms with Gasteiger partial charge >= 0.3 is 6.03 Å². The normalized spacial score (nSPS) is 15.1. The number of piperidine rings is 1. The fourth-order valence-corrected chi connectivity index (χ4v) is 5.64. The van der Waals surface area contributed by atoms with Gasteiger partial charge in [0.15, 0.2) is 9.84 Å². The van der Waals surface area contributed by atoms with Crippen LogP contribution in [0, 0.1) is 6.92 Å². The summed E-state index contributed by atoms with van der Waals surface area (Å²) in [6, 6.07) is 15.5. The number of aryl methyl sites for hydroxylation is 1. The zero-order valence-electron chi connectivity index (χ0n) is 17.0. The van der Waals surface area contributed by atoms with Gasteiger partial charge in [0.05, 0.1) is 27.1 Å². The van der Waals surface area contributed by atoms with Gasteiger partial charge in [-0.05, 0) is 73.9 Å². The molecule has 0 aliphatic carbocycles. The van der Waals surface area contributed by atoms with E-state index >= 15 is 0 Å². The Morgan fingerprint density at radius 3 is 2.45 bits per heavy atom. The number of hydrogen-bond donors (Lipinski definition) is 1. The zero-order valence-corrected chi connectivity index (χ0v) is 18.6. The number of sulfone groups is 1. The van der Waals surface area contributed by atoms with E-state index < -0.39 is 15.1 Å². The molecule has 4 rings (SSSR count). The second kappa shape index (κ2) is 8.77. The monoisotopic (exact) mass is 458 g/mol. The Balaban J connectivity index is 1.39. The van der Waals surface area contributed by atoms with Crippen molar-refractivity contribution < 1.29 is 17.6 Å². The topological polar surface area (TPSA) is 79.6 Å². The summed E-state index contributed by atoms with van der Waals surface area (Å²) < 4.78 is 31.5. The first-order chi connectivity index (χ1) is 14.8. The molecular formula is C23H23ClN2O4S. The molecule has 1 saturated heterocycles. The zero-order chi connectivity index (χ0) is 22.0. The molecule has 2 amide bonds. The number of nitrogens with one attached hydrogen (secondary N) is 1. The van der Waals surface area contributed by atoms with Crippen molar-refractivity contribution in [1.82, 2.24) is 4.90 Å². The summed E-state index contributed by atoms with van der Waals surface area (Å²) >= 11 is 6.16. The number of hydrogen-bond acceptors (Lipinski definition) is 4. The van der Waals surface area contributed by atoms with Crippen LogP contribution in [0.25, 0.3) is 11.3 Å². The molecule has 2 aromatic carbocycles. The van der Waals surface area contributed by atoms with Crippen molar-refractivity contribution in [2.75, 3.05) is 18.4 Å². The Morgan fingerprint density at radius 1 is 1.10 bits per heavy atom. The third kappa shape index (κ3) is 4.62. The summed E-state index contributed by atoms with van der Waals surface area (Å²) in [6.45, 7) is 2.65. The van der Waals surface area contributed by atoms with Crippen LogP contribution in [0.2, 0.25) is 5.02 Å². The second-order valence-corrected chi connectivity index (χ2v) is 10.3. The molecule has 0 atom stereocenters. The number of benzene rings is 2. The van der Waals surface area contributed by atoms with E-state index in [0.29, 0.717) is 42.4 Å². The first-order valence-corrected chi connectivity index (χ1v) is 12.0. The lowest BCUT2D eigenvalue weighted by Crippen LogP contribution is -2.44. The van der Waals surface area contributed by atoms with Gasteiger partial charge in [-0.25, -0.2) is 13.2 Å². The molecule has 2 heterocycles. The molecular weight excluding hydrogens is 436 g/mol. The molecule has 1 fully saturated rings. The van der Waals surface area contributed by atoms with Crippen LogP contribution < -0.4 is 5.32 Å². The van der Waals surface area contributed by atoms with Crippen LogP contribution >= 0.6 is 11.6 Å². The van der Waals surface area contributed by atoms with E-state index in [1.807, 2.05) is 25.1 Å². The van der Waals surface area contributed by atoms with Crippen LogP contribution in [-0.2, 0) is 9.84 Å². The summed E-state index contributed by atoms with van der Waals surface area (Å²) in [7, 11) is -3.48. The van der Waals surface area contributed by atoms with Gasteiger partial charge in [0.1, 0.15) is 5.76 Å². The minimum atomic E-state index is -3.48. The highest BCUT2D eigenvalue weighted by atomic mass is 35.5. The number of urea groups is 1. The summed E-state index contributed by atoms with van der Waals surface area (Å²) in [4.78, 5) is 14.5. The number of carbonyl (C=O) groups is 1. The largest absolute Gasteiger partial charge is 0.464 e. The van der Waals surface area contributed by atoms with Crippen molar-refractivity contribution in [2.24, 2.45) is 0 Å². The molecule has 3 aromatic rings. The van der Waals surface area contributed by atoms with E-state index in [2.05, 4.69) is 5.32 Å². The first-order valence-electron chi connectivity index (χ1n) is 10.0. The number of amides is 2. The Bertz CT molecular complexity index is 1170. The van der Waals surface area contributed by atoms with E-state index in [-0.39, 0.29) is 10.9 Å². The number of likely N-dealkylation sites (tertiary alicyclic amines) is 1. The Morgan fingerprint density at radius 2 is 1.81 bits per heavy atom. The van der Waals surface area contributed by atoms with Crippen LogP contribution in [0.15, 0.2) is 70.2 Å². The molecule has 0 saturated carbocycles. The maximum absolute atomic E-state index is 13.1. The number of furan rings is 1. The smallest absolute Gasteiger partial charge is 0.321 e. The van der Waals surface area contributed by atoms with E-state index in [1.165, 1.54) is 0 Å². The highest BCUT2D eigenvalue weighted by Crippen LogP contribution is 2.28. The van der Waals surface area contributed by atoms with Crippen LogP contribution in [0.4, 0.5) is 10.5 Å². The molecule has 0 unspecified atom stereocenters. The molecule has 1 aliphatic heterocycles. The SMILES string of the molecule is Cc1ccc(Cl)c(NC(=O)N2CCC(S(=O)(=O)c3ccc(-c4ccco4)cc3)CC2)c1. The average Bonchev–Trinajstić information content (AvgIpc) is 3.31. The number of carbonyl (C=O) groups excluding carboxylic acids is 1. The number of anilines is 1. The highest BCUT2D eigenvalue weighted by Gasteiger charge is 2.33. The van der Waals surface area contributed by atoms with Crippen LogP contribution in [0.5, 0.6) is 0 Å². The van der Waals surface area contributed by atoms with E-state index in [4.69, 9.17) is 16.0 Å². The van der Waals surface area contributed by atoms with Crippen molar-refractivity contribution in [3.05, 3.63) is 71.4 Å². The van der Waals surface area contributed by atoms with Crippen LogP contribution in [0.1, 0.15) is 18.4 Å². The lowest BCUT2D eigenvalue weighted by Gasteiger charge is -2.32. The Kier molecular flexibility index (Phi) is 6.07. The maximum atomic E-state index is 13.1. The third-order valence-electron chi connectivity index (χ3n) is 5.52. The number of halogens is 1. The van der Waals surface area contributed by atoms with E-state index in [1.54, 1.807) is 47.6 Å². The molecule has 6 nitrogen and oxygen atoms in total. The molecule has 0 spiro atoms. The summed E-state index contributed by atoms with van der Waals surface area (Å²) in [6.07, 6.45) is 2.35. The lowest BCUT2D eigenvalue weighted by molar-refractivity contribution is 0.200. The van der Waals surface area contributed by atoms with Gasteiger partial charge in [0, 0.05) is 18.7 Å². The molecule has 31 heavy (non-hydrogen) atoms. The minimum Gasteiger partial charge on any atom is -0.464 e. The standard InChI is InChI=1S/C23H23ClN2O4S/c1-16-4-9-20(24)21(15-16)25-23(27)26-12-10-19(11-13-26)31(28,29)18-7-5-17(6-8-18)22-3-2-14-30-22/h2-9,14-15,19H,10-13H2,1H3,(H,25,27). The highest BCUT2D eigenvalue weighted by molar-refractivity contribution is 7.92. The predicted octanol–water partition coefficient (Wildman–Crippen LogP) is 5.38. The van der Waals surface area contributed by atoms with E-state index in [0.717, 1.165) is 11.1 Å². The summed E-state index contributed by atoms with van der Waals surface area (Å²) in [5.74, 6) is 0.692. The second-order valence-electron chi connectivity index (χ2n) is 7.65. The van der Waals surface area contributed by atoms with Crippen LogP contribution in [-0.4, -0.2) is 37.7 Å². The van der Waals surface area contributed by atoms with Gasteiger partial charge < -0.3 is 14.6 Å². The van der Waals surface area contributed by atoms with Gasteiger partial charge in [0.2, 0.25) is 0 Å². The summed E-state index contributed by atoms with van der Waals surface area (Å²) in [5.41, 5.74) is 2.37. The van der Waals surface area contributed by atoms with Gasteiger partial charge in [-0.3, -0.25) is 0 Å². The average molecular weight is 459 g/mol. The first kappa shape index (κ1) is 21.5. The van der Waals surface area contributed by atoms with E-state index in [9.17, 15) is 13.2 Å². The van der Waals surface area contributed by atoms with Crippen molar-refractivity contribution in [3.63, 3.8) is 0 Å². The molecule has 0 bridgehead atoms. The molecule has 8 heteroatoms.